The van der Waals surface area contributed by atoms with E-state index in [1.807, 2.05) is 6.07 Å². The SMILES string of the molecule is CN=C(N)N(C(=O)c1cc(F)cc(F)c1)[C@H](COC)c1ccc(Cl)c(-c2ncc(N3CCOCC3)s2)c1. The van der Waals surface area contributed by atoms with Crippen LogP contribution in [0, 0.1) is 11.6 Å². The molecule has 2 heterocycles. The fourth-order valence-corrected chi connectivity index (χ4v) is 5.30. The summed E-state index contributed by atoms with van der Waals surface area (Å²) in [6.45, 7) is 2.89. The van der Waals surface area contributed by atoms with E-state index in [9.17, 15) is 13.6 Å². The normalized spacial score (nSPS) is 15.1. The van der Waals surface area contributed by atoms with Crippen LogP contribution in [-0.2, 0) is 9.47 Å². The first-order valence-electron chi connectivity index (χ1n) is 11.4. The minimum absolute atomic E-state index is 0.0255. The maximum absolute atomic E-state index is 13.9. The lowest BCUT2D eigenvalue weighted by Gasteiger charge is -2.31. The van der Waals surface area contributed by atoms with Crippen LogP contribution < -0.4 is 10.6 Å². The minimum atomic E-state index is -0.882. The average molecular weight is 550 g/mol. The van der Waals surface area contributed by atoms with Crippen LogP contribution in [0.4, 0.5) is 13.8 Å². The number of benzene rings is 2. The number of aliphatic imine (C=N–C) groups is 1. The third kappa shape index (κ3) is 6.07. The lowest BCUT2D eigenvalue weighted by molar-refractivity contribution is 0.0698. The van der Waals surface area contributed by atoms with Crippen LogP contribution in [0.3, 0.4) is 0 Å². The first kappa shape index (κ1) is 26.9. The Balaban J connectivity index is 1.73. The number of morpholine rings is 1. The predicted molar refractivity (Wildman–Crippen MR) is 140 cm³/mol. The zero-order valence-corrected chi connectivity index (χ0v) is 21.9. The Morgan fingerprint density at radius 2 is 1.97 bits per heavy atom. The Hall–Kier alpha value is -3.12. The van der Waals surface area contributed by atoms with Gasteiger partial charge in [0.2, 0.25) is 0 Å². The van der Waals surface area contributed by atoms with Crippen molar-refractivity contribution < 1.29 is 23.0 Å². The molecule has 2 N–H and O–H groups in total. The molecule has 0 spiro atoms. The molecule has 4 rings (SSSR count). The van der Waals surface area contributed by atoms with Gasteiger partial charge >= 0.3 is 0 Å². The van der Waals surface area contributed by atoms with E-state index in [-0.39, 0.29) is 18.1 Å². The molecule has 1 amide bonds. The van der Waals surface area contributed by atoms with Crippen molar-refractivity contribution in [2.45, 2.75) is 6.04 Å². The van der Waals surface area contributed by atoms with Gasteiger partial charge in [-0.1, -0.05) is 29.0 Å². The second-order valence-electron chi connectivity index (χ2n) is 8.23. The molecule has 3 aromatic rings. The number of carbonyl (C=O) groups excluding carboxylic acids is 1. The standard InChI is InChI=1S/C25H26ClF2N5O3S/c1-30-25(29)33(24(34)16-9-17(27)12-18(28)10-16)21(14-35-2)15-3-4-20(26)19(11-15)23-31-13-22(37-23)32-5-7-36-8-6-32/h3-4,9-13,21H,5-8,14H2,1-2H3,(H2,29,30)/t21-/m1/s1. The molecule has 1 atom stereocenters. The van der Waals surface area contributed by atoms with Gasteiger partial charge in [0.05, 0.1) is 37.1 Å². The number of rotatable bonds is 7. The molecule has 0 unspecified atom stereocenters. The molecule has 1 fully saturated rings. The van der Waals surface area contributed by atoms with Gasteiger partial charge < -0.3 is 20.1 Å². The fourth-order valence-electron chi connectivity index (χ4n) is 4.04. The highest BCUT2D eigenvalue weighted by atomic mass is 35.5. The molecule has 1 aromatic heterocycles. The number of hydrogen-bond acceptors (Lipinski definition) is 7. The second-order valence-corrected chi connectivity index (χ2v) is 9.64. The number of amides is 1. The van der Waals surface area contributed by atoms with Crippen molar-refractivity contribution >= 4 is 39.8 Å². The molecular formula is C25H26ClF2N5O3S. The van der Waals surface area contributed by atoms with Gasteiger partial charge in [0.1, 0.15) is 21.6 Å². The number of anilines is 1. The molecule has 8 nitrogen and oxygen atoms in total. The molecule has 0 bridgehead atoms. The highest BCUT2D eigenvalue weighted by Gasteiger charge is 2.31. The number of halogens is 3. The Labute approximate surface area is 222 Å². The Kier molecular flexibility index (Phi) is 8.70. The van der Waals surface area contributed by atoms with Crippen molar-refractivity contribution in [2.24, 2.45) is 10.7 Å². The molecule has 12 heteroatoms. The number of nitrogens with zero attached hydrogens (tertiary/aromatic N) is 4. The van der Waals surface area contributed by atoms with E-state index in [1.54, 1.807) is 18.3 Å². The summed E-state index contributed by atoms with van der Waals surface area (Å²) in [6.07, 6.45) is 1.80. The number of carbonyl (C=O) groups is 1. The maximum Gasteiger partial charge on any atom is 0.261 e. The molecule has 2 aromatic carbocycles. The average Bonchev–Trinajstić information content (AvgIpc) is 3.38. The molecule has 1 saturated heterocycles. The fraction of sp³-hybridized carbons (Fsp3) is 0.320. The lowest BCUT2D eigenvalue weighted by Crippen LogP contribution is -2.46. The molecule has 1 aliphatic rings. The Morgan fingerprint density at radius 3 is 2.62 bits per heavy atom. The molecule has 0 aliphatic carbocycles. The first-order chi connectivity index (χ1) is 17.8. The van der Waals surface area contributed by atoms with Gasteiger partial charge in [-0.3, -0.25) is 14.7 Å². The van der Waals surface area contributed by atoms with Crippen LogP contribution in [0.25, 0.3) is 10.6 Å². The number of methoxy groups -OCH3 is 1. The largest absolute Gasteiger partial charge is 0.382 e. The molecule has 0 radical (unpaired) electrons. The zero-order valence-electron chi connectivity index (χ0n) is 20.3. The van der Waals surface area contributed by atoms with Gasteiger partial charge in [-0.2, -0.15) is 0 Å². The molecule has 37 heavy (non-hydrogen) atoms. The zero-order chi connectivity index (χ0) is 26.5. The molecule has 196 valence electrons. The smallest absolute Gasteiger partial charge is 0.261 e. The number of aromatic nitrogens is 1. The quantitative estimate of drug-likeness (QED) is 0.348. The van der Waals surface area contributed by atoms with Crippen molar-refractivity contribution in [3.63, 3.8) is 0 Å². The van der Waals surface area contributed by atoms with E-state index in [4.69, 9.17) is 26.8 Å². The summed E-state index contributed by atoms with van der Waals surface area (Å²) in [4.78, 5) is 25.4. The number of nitrogens with two attached hydrogens (primary N) is 1. The predicted octanol–water partition coefficient (Wildman–Crippen LogP) is 4.35. The first-order valence-corrected chi connectivity index (χ1v) is 12.6. The van der Waals surface area contributed by atoms with Gasteiger partial charge in [-0.25, -0.2) is 13.8 Å². The molecular weight excluding hydrogens is 524 g/mol. The Morgan fingerprint density at radius 1 is 1.27 bits per heavy atom. The number of thiazole rings is 1. The number of ether oxygens (including phenoxy) is 2. The summed E-state index contributed by atoms with van der Waals surface area (Å²) in [7, 11) is 2.89. The van der Waals surface area contributed by atoms with Crippen molar-refractivity contribution in [2.75, 3.05) is 52.0 Å². The van der Waals surface area contributed by atoms with Crippen LogP contribution in [0.5, 0.6) is 0 Å². The second kappa shape index (κ2) is 12.0. The third-order valence-electron chi connectivity index (χ3n) is 5.86. The van der Waals surface area contributed by atoms with Crippen molar-refractivity contribution in [3.05, 3.63) is 70.4 Å². The van der Waals surface area contributed by atoms with Gasteiger partial charge in [0.15, 0.2) is 5.96 Å². The van der Waals surface area contributed by atoms with Crippen LogP contribution in [0.15, 0.2) is 47.6 Å². The summed E-state index contributed by atoms with van der Waals surface area (Å²) >= 11 is 8.06. The van der Waals surface area contributed by atoms with Crippen LogP contribution in [-0.4, -0.2) is 68.8 Å². The van der Waals surface area contributed by atoms with E-state index in [1.165, 1.54) is 25.5 Å². The maximum atomic E-state index is 13.9. The Bertz CT molecular complexity index is 1280. The summed E-state index contributed by atoms with van der Waals surface area (Å²) in [5.74, 6) is -2.64. The van der Waals surface area contributed by atoms with Crippen molar-refractivity contribution in [1.29, 1.82) is 0 Å². The van der Waals surface area contributed by atoms with Crippen LogP contribution >= 0.6 is 22.9 Å². The summed E-state index contributed by atoms with van der Waals surface area (Å²) in [6, 6.07) is 7.06. The minimum Gasteiger partial charge on any atom is -0.382 e. The van der Waals surface area contributed by atoms with Gasteiger partial charge in [-0.05, 0) is 29.8 Å². The number of hydrogen-bond donors (Lipinski definition) is 1. The van der Waals surface area contributed by atoms with Crippen LogP contribution in [0.1, 0.15) is 22.0 Å². The van der Waals surface area contributed by atoms with E-state index < -0.39 is 23.6 Å². The summed E-state index contributed by atoms with van der Waals surface area (Å²) in [5, 5.41) is 2.18. The van der Waals surface area contributed by atoms with Crippen molar-refractivity contribution in [1.82, 2.24) is 9.88 Å². The van der Waals surface area contributed by atoms with Gasteiger partial charge in [0, 0.05) is 44.4 Å². The third-order valence-corrected chi connectivity index (χ3v) is 7.28. The molecule has 0 saturated carbocycles. The van der Waals surface area contributed by atoms with Crippen LogP contribution in [0.2, 0.25) is 5.02 Å². The van der Waals surface area contributed by atoms with E-state index in [0.717, 1.165) is 35.1 Å². The summed E-state index contributed by atoms with van der Waals surface area (Å²) < 4.78 is 38.6. The summed E-state index contributed by atoms with van der Waals surface area (Å²) in [5.41, 5.74) is 7.21. The number of guanidine groups is 1. The topological polar surface area (TPSA) is 93.3 Å². The van der Waals surface area contributed by atoms with E-state index in [2.05, 4.69) is 14.9 Å². The van der Waals surface area contributed by atoms with E-state index in [0.29, 0.717) is 40.4 Å². The van der Waals surface area contributed by atoms with Gasteiger partial charge in [-0.15, -0.1) is 0 Å². The molecule has 1 aliphatic heterocycles. The van der Waals surface area contributed by atoms with Crippen molar-refractivity contribution in [3.8, 4) is 10.6 Å². The van der Waals surface area contributed by atoms with E-state index >= 15 is 0 Å². The lowest BCUT2D eigenvalue weighted by atomic mass is 10.0. The monoisotopic (exact) mass is 549 g/mol. The highest BCUT2D eigenvalue weighted by Crippen LogP contribution is 2.37. The highest BCUT2D eigenvalue weighted by molar-refractivity contribution is 7.19. The van der Waals surface area contributed by atoms with Gasteiger partial charge in [0.25, 0.3) is 5.91 Å².